The van der Waals surface area contributed by atoms with E-state index in [0.29, 0.717) is 5.13 Å². The number of imidazole rings is 1. The smallest absolute Gasteiger partial charge is 0.181 e. The fraction of sp³-hybridized carbons (Fsp3) is 0.278. The topological polar surface area (TPSA) is 69.6 Å². The second kappa shape index (κ2) is 5.56. The first-order valence-electron chi connectivity index (χ1n) is 8.04. The van der Waals surface area contributed by atoms with Crippen molar-refractivity contribution in [3.63, 3.8) is 0 Å². The molecule has 0 spiro atoms. The van der Waals surface area contributed by atoms with Gasteiger partial charge in [0, 0.05) is 30.1 Å². The summed E-state index contributed by atoms with van der Waals surface area (Å²) < 4.78 is 3.12. The first kappa shape index (κ1) is 15.1. The molecule has 4 rings (SSSR count). The van der Waals surface area contributed by atoms with Crippen LogP contribution in [0.3, 0.4) is 0 Å². The van der Waals surface area contributed by atoms with Gasteiger partial charge < -0.3 is 10.3 Å². The number of anilines is 1. The molecule has 3 heterocycles. The zero-order valence-corrected chi connectivity index (χ0v) is 14.8. The number of hydrogen-bond donors (Lipinski definition) is 1. The average molecular weight is 337 g/mol. The highest BCUT2D eigenvalue weighted by molar-refractivity contribution is 7.22. The van der Waals surface area contributed by atoms with E-state index in [2.05, 4.69) is 40.9 Å². The first-order chi connectivity index (χ1) is 11.6. The van der Waals surface area contributed by atoms with E-state index in [0.717, 1.165) is 50.9 Å². The summed E-state index contributed by atoms with van der Waals surface area (Å²) in [4.78, 5) is 13.7. The van der Waals surface area contributed by atoms with Crippen LogP contribution in [-0.4, -0.2) is 19.5 Å². The second-order valence-corrected chi connectivity index (χ2v) is 7.15. The highest BCUT2D eigenvalue weighted by Crippen LogP contribution is 2.38. The molecule has 4 aromatic rings. The SMILES string of the molecule is CCCc1cc(C)c(-c2cc3nc(N)sc3c3c2ncn3C)cn1. The van der Waals surface area contributed by atoms with Gasteiger partial charge >= 0.3 is 0 Å². The molecule has 6 heteroatoms. The number of pyridine rings is 1. The molecule has 24 heavy (non-hydrogen) atoms. The number of aromatic nitrogens is 4. The maximum atomic E-state index is 5.94. The van der Waals surface area contributed by atoms with Crippen LogP contribution < -0.4 is 5.73 Å². The predicted molar refractivity (Wildman–Crippen MR) is 100 cm³/mol. The van der Waals surface area contributed by atoms with Crippen LogP contribution in [0, 0.1) is 6.92 Å². The lowest BCUT2D eigenvalue weighted by Crippen LogP contribution is -1.94. The summed E-state index contributed by atoms with van der Waals surface area (Å²) in [6, 6.07) is 4.26. The molecule has 0 fully saturated rings. The number of hydrogen-bond acceptors (Lipinski definition) is 5. The monoisotopic (exact) mass is 337 g/mol. The minimum atomic E-state index is 0.581. The van der Waals surface area contributed by atoms with Crippen molar-refractivity contribution in [1.29, 1.82) is 0 Å². The normalized spacial score (nSPS) is 11.6. The van der Waals surface area contributed by atoms with Gasteiger partial charge in [0.2, 0.25) is 0 Å². The van der Waals surface area contributed by atoms with Gasteiger partial charge in [0.1, 0.15) is 0 Å². The Labute approximate surface area is 144 Å². The molecule has 0 aliphatic carbocycles. The third-order valence-electron chi connectivity index (χ3n) is 4.32. The quantitative estimate of drug-likeness (QED) is 0.611. The Balaban J connectivity index is 2.02. The Morgan fingerprint density at radius 1 is 1.21 bits per heavy atom. The number of benzene rings is 1. The van der Waals surface area contributed by atoms with Gasteiger partial charge in [0.15, 0.2) is 5.13 Å². The Bertz CT molecular complexity index is 1060. The molecule has 0 saturated carbocycles. The van der Waals surface area contributed by atoms with Crippen molar-refractivity contribution >= 4 is 37.7 Å². The van der Waals surface area contributed by atoms with Crippen LogP contribution in [-0.2, 0) is 13.5 Å². The summed E-state index contributed by atoms with van der Waals surface area (Å²) in [5.41, 5.74) is 13.4. The van der Waals surface area contributed by atoms with Crippen molar-refractivity contribution in [2.24, 2.45) is 7.05 Å². The van der Waals surface area contributed by atoms with Crippen LogP contribution in [0.25, 0.3) is 32.4 Å². The first-order valence-corrected chi connectivity index (χ1v) is 8.86. The average Bonchev–Trinajstić information content (AvgIpc) is 3.09. The summed E-state index contributed by atoms with van der Waals surface area (Å²) in [5.74, 6) is 0. The van der Waals surface area contributed by atoms with Crippen LogP contribution >= 0.6 is 11.3 Å². The van der Waals surface area contributed by atoms with E-state index in [1.165, 1.54) is 16.9 Å². The number of thiazole rings is 1. The zero-order valence-electron chi connectivity index (χ0n) is 14.0. The van der Waals surface area contributed by atoms with E-state index in [1.54, 1.807) is 0 Å². The third kappa shape index (κ3) is 2.26. The van der Waals surface area contributed by atoms with Crippen LogP contribution in [0.5, 0.6) is 0 Å². The van der Waals surface area contributed by atoms with E-state index in [4.69, 9.17) is 5.73 Å². The van der Waals surface area contributed by atoms with Gasteiger partial charge in [-0.1, -0.05) is 24.7 Å². The van der Waals surface area contributed by atoms with E-state index in [1.807, 2.05) is 24.1 Å². The molecule has 0 unspecified atom stereocenters. The lowest BCUT2D eigenvalue weighted by atomic mass is 9.99. The summed E-state index contributed by atoms with van der Waals surface area (Å²) in [6.45, 7) is 4.30. The molecule has 1 aromatic carbocycles. The van der Waals surface area contributed by atoms with Crippen molar-refractivity contribution in [3.05, 3.63) is 35.9 Å². The minimum Gasteiger partial charge on any atom is -0.375 e. The fourth-order valence-electron chi connectivity index (χ4n) is 3.21. The molecular weight excluding hydrogens is 318 g/mol. The number of nitrogens with two attached hydrogens (primary N) is 1. The summed E-state index contributed by atoms with van der Waals surface area (Å²) in [5, 5.41) is 0.581. The Kier molecular flexibility index (Phi) is 3.49. The largest absolute Gasteiger partial charge is 0.375 e. The van der Waals surface area contributed by atoms with Crippen molar-refractivity contribution < 1.29 is 0 Å². The van der Waals surface area contributed by atoms with Crippen LogP contribution in [0.1, 0.15) is 24.6 Å². The molecule has 0 radical (unpaired) electrons. The molecule has 2 N–H and O–H groups in total. The Morgan fingerprint density at radius 3 is 2.79 bits per heavy atom. The summed E-state index contributed by atoms with van der Waals surface area (Å²) in [6.07, 6.45) is 5.91. The zero-order chi connectivity index (χ0) is 16.8. The van der Waals surface area contributed by atoms with Gasteiger partial charge in [0.05, 0.1) is 27.6 Å². The lowest BCUT2D eigenvalue weighted by molar-refractivity contribution is 0.881. The molecular formula is C18H19N5S. The maximum Gasteiger partial charge on any atom is 0.181 e. The lowest BCUT2D eigenvalue weighted by Gasteiger charge is -2.09. The predicted octanol–water partition coefficient (Wildman–Crippen LogP) is 4.09. The number of nitrogens with zero attached hydrogens (tertiary/aromatic N) is 4. The van der Waals surface area contributed by atoms with E-state index in [9.17, 15) is 0 Å². The van der Waals surface area contributed by atoms with Gasteiger partial charge in [-0.2, -0.15) is 0 Å². The van der Waals surface area contributed by atoms with Crippen molar-refractivity contribution in [2.75, 3.05) is 5.73 Å². The van der Waals surface area contributed by atoms with Gasteiger partial charge in [0.25, 0.3) is 0 Å². The van der Waals surface area contributed by atoms with Crippen LogP contribution in [0.15, 0.2) is 24.7 Å². The minimum absolute atomic E-state index is 0.581. The number of aryl methyl sites for hydroxylation is 3. The molecule has 3 aromatic heterocycles. The van der Waals surface area contributed by atoms with Gasteiger partial charge in [-0.05, 0) is 31.0 Å². The number of nitrogen functional groups attached to an aromatic ring is 1. The van der Waals surface area contributed by atoms with E-state index >= 15 is 0 Å². The number of rotatable bonds is 3. The van der Waals surface area contributed by atoms with Crippen LogP contribution in [0.2, 0.25) is 0 Å². The van der Waals surface area contributed by atoms with Crippen molar-refractivity contribution in [3.8, 4) is 11.1 Å². The van der Waals surface area contributed by atoms with Gasteiger partial charge in [-0.3, -0.25) is 4.98 Å². The molecule has 5 nitrogen and oxygen atoms in total. The third-order valence-corrected chi connectivity index (χ3v) is 5.23. The molecule has 0 amide bonds. The molecule has 0 aliphatic rings. The summed E-state index contributed by atoms with van der Waals surface area (Å²) >= 11 is 1.51. The molecule has 0 atom stereocenters. The molecule has 0 bridgehead atoms. The maximum absolute atomic E-state index is 5.94. The standard InChI is InChI=1S/C18H19N5S/c1-4-5-11-6-10(2)13(8-20-11)12-7-14-17(24-18(19)22-14)16-15(12)21-9-23(16)3/h6-9H,4-5H2,1-3H3,(H2,19,22). The second-order valence-electron chi connectivity index (χ2n) is 6.12. The van der Waals surface area contributed by atoms with Gasteiger partial charge in [-0.25, -0.2) is 9.97 Å². The summed E-state index contributed by atoms with van der Waals surface area (Å²) in [7, 11) is 2.00. The van der Waals surface area contributed by atoms with Crippen molar-refractivity contribution in [2.45, 2.75) is 26.7 Å². The Morgan fingerprint density at radius 2 is 2.04 bits per heavy atom. The van der Waals surface area contributed by atoms with Crippen molar-refractivity contribution in [1.82, 2.24) is 19.5 Å². The Hall–Kier alpha value is -2.47. The highest BCUT2D eigenvalue weighted by Gasteiger charge is 2.17. The molecule has 0 saturated heterocycles. The molecule has 0 aliphatic heterocycles. The van der Waals surface area contributed by atoms with E-state index < -0.39 is 0 Å². The fourth-order valence-corrected chi connectivity index (χ4v) is 4.11. The number of fused-ring (bicyclic) bond motifs is 3. The van der Waals surface area contributed by atoms with Gasteiger partial charge in [-0.15, -0.1) is 0 Å². The highest BCUT2D eigenvalue weighted by atomic mass is 32.1. The van der Waals surface area contributed by atoms with E-state index in [-0.39, 0.29) is 0 Å². The molecule has 122 valence electrons. The van der Waals surface area contributed by atoms with Crippen LogP contribution in [0.4, 0.5) is 5.13 Å².